The Morgan fingerprint density at radius 2 is 2.21 bits per heavy atom. The monoisotopic (exact) mass is 409 g/mol. The Morgan fingerprint density at radius 3 is 2.89 bits per heavy atom. The predicted octanol–water partition coefficient (Wildman–Crippen LogP) is 2.69. The number of fused-ring (bicyclic) bond motifs is 3. The lowest BCUT2D eigenvalue weighted by molar-refractivity contribution is 0.0518. The molecule has 0 aliphatic carbocycles. The number of nitrogens with zero attached hydrogens (tertiary/aromatic N) is 2. The molecule has 2 unspecified atom stereocenters. The fourth-order valence-corrected chi connectivity index (χ4v) is 4.92. The van der Waals surface area contributed by atoms with Crippen LogP contribution in [0.3, 0.4) is 0 Å². The van der Waals surface area contributed by atoms with Crippen molar-refractivity contribution in [2.45, 2.75) is 30.3 Å². The molecule has 0 spiro atoms. The topological polar surface area (TPSA) is 63.6 Å². The van der Waals surface area contributed by atoms with Gasteiger partial charge in [-0.2, -0.15) is 0 Å². The number of carbonyl (C=O) groups excluding carboxylic acids is 1. The molecular formula is C19H21F2N3O3S. The van der Waals surface area contributed by atoms with Crippen LogP contribution in [0, 0.1) is 5.82 Å². The third-order valence-corrected chi connectivity index (χ3v) is 6.32. The Labute approximate surface area is 164 Å². The van der Waals surface area contributed by atoms with E-state index in [1.165, 1.54) is 0 Å². The molecule has 0 amide bonds. The van der Waals surface area contributed by atoms with Gasteiger partial charge < -0.3 is 19.5 Å². The number of nitrogens with one attached hydrogen (secondary N) is 1. The minimum Gasteiger partial charge on any atom is -0.462 e. The summed E-state index contributed by atoms with van der Waals surface area (Å²) >= 11 is 1.12. The highest BCUT2D eigenvalue weighted by Crippen LogP contribution is 2.47. The van der Waals surface area contributed by atoms with Crippen molar-refractivity contribution in [3.05, 3.63) is 33.7 Å². The normalized spacial score (nSPS) is 21.4. The van der Waals surface area contributed by atoms with Gasteiger partial charge in [0.1, 0.15) is 23.4 Å². The van der Waals surface area contributed by atoms with E-state index >= 15 is 0 Å². The van der Waals surface area contributed by atoms with Gasteiger partial charge in [-0.15, -0.1) is 0 Å². The molecule has 0 bridgehead atoms. The number of esters is 1. The van der Waals surface area contributed by atoms with Crippen molar-refractivity contribution in [2.75, 3.05) is 37.8 Å². The number of aromatic nitrogens is 1. The number of piperazine rings is 1. The third-order valence-electron chi connectivity index (χ3n) is 5.09. The molecule has 1 aromatic carbocycles. The number of rotatable bonds is 4. The number of alkyl halides is 1. The van der Waals surface area contributed by atoms with Crippen LogP contribution in [-0.4, -0.2) is 49.5 Å². The fourth-order valence-electron chi connectivity index (χ4n) is 3.80. The molecule has 4 rings (SSSR count). The van der Waals surface area contributed by atoms with Gasteiger partial charge in [0, 0.05) is 31.1 Å². The minimum absolute atomic E-state index is 0.0648. The quantitative estimate of drug-likeness (QED) is 0.784. The van der Waals surface area contributed by atoms with Crippen LogP contribution in [0.4, 0.5) is 14.5 Å². The Kier molecular flexibility index (Phi) is 5.05. The van der Waals surface area contributed by atoms with Gasteiger partial charge in [0.05, 0.1) is 22.8 Å². The summed E-state index contributed by atoms with van der Waals surface area (Å²) in [6.45, 7) is 5.09. The van der Waals surface area contributed by atoms with Crippen LogP contribution in [0.5, 0.6) is 0 Å². The van der Waals surface area contributed by atoms with Crippen molar-refractivity contribution in [3.63, 3.8) is 0 Å². The van der Waals surface area contributed by atoms with E-state index in [9.17, 15) is 18.4 Å². The highest BCUT2D eigenvalue weighted by atomic mass is 32.2. The summed E-state index contributed by atoms with van der Waals surface area (Å²) in [5.74, 6) is -1.29. The fraction of sp³-hybridized carbons (Fsp3) is 0.474. The summed E-state index contributed by atoms with van der Waals surface area (Å²) in [7, 11) is 0. The van der Waals surface area contributed by atoms with Crippen molar-refractivity contribution < 1.29 is 18.3 Å². The highest BCUT2D eigenvalue weighted by molar-refractivity contribution is 8.00. The van der Waals surface area contributed by atoms with Crippen LogP contribution in [0.1, 0.15) is 29.6 Å². The molecule has 2 aliphatic rings. The molecule has 1 N–H and O–H groups in total. The lowest BCUT2D eigenvalue weighted by atomic mass is 10.1. The van der Waals surface area contributed by atoms with Crippen LogP contribution < -0.4 is 15.6 Å². The number of ether oxygens (including phenoxy) is 1. The Bertz CT molecular complexity index is 1010. The zero-order chi connectivity index (χ0) is 20.0. The summed E-state index contributed by atoms with van der Waals surface area (Å²) in [6.07, 6.45) is 0. The van der Waals surface area contributed by atoms with E-state index in [0.29, 0.717) is 29.3 Å². The van der Waals surface area contributed by atoms with Gasteiger partial charge in [0.2, 0.25) is 5.43 Å². The van der Waals surface area contributed by atoms with Gasteiger partial charge in [0.25, 0.3) is 0 Å². The minimum atomic E-state index is -0.761. The number of thioether (sulfide) groups is 1. The molecule has 6 nitrogen and oxygen atoms in total. The van der Waals surface area contributed by atoms with Crippen molar-refractivity contribution in [2.24, 2.45) is 0 Å². The second-order valence-corrected chi connectivity index (χ2v) is 8.12. The molecule has 0 radical (unpaired) electrons. The van der Waals surface area contributed by atoms with Crippen molar-refractivity contribution in [1.29, 1.82) is 0 Å². The lowest BCUT2D eigenvalue weighted by Crippen LogP contribution is -2.49. The number of benzene rings is 1. The number of hydrogen-bond acceptors (Lipinski definition) is 6. The molecule has 28 heavy (non-hydrogen) atoms. The first-order valence-corrected chi connectivity index (χ1v) is 10.1. The van der Waals surface area contributed by atoms with Crippen molar-refractivity contribution in [1.82, 2.24) is 9.88 Å². The van der Waals surface area contributed by atoms with Crippen LogP contribution in [-0.2, 0) is 4.74 Å². The predicted molar refractivity (Wildman–Crippen MR) is 105 cm³/mol. The molecule has 1 aromatic heterocycles. The molecule has 2 aromatic rings. The SMILES string of the molecule is CCOC(=O)c1c2n(c3cc(N4CCNC(C)C4)c(F)cc3c1=O)C(CF)S2. The molecule has 1 saturated heterocycles. The largest absolute Gasteiger partial charge is 0.462 e. The van der Waals surface area contributed by atoms with E-state index in [0.717, 1.165) is 24.4 Å². The second-order valence-electron chi connectivity index (χ2n) is 6.95. The van der Waals surface area contributed by atoms with Crippen LogP contribution in [0.25, 0.3) is 10.9 Å². The van der Waals surface area contributed by atoms with Crippen LogP contribution in [0.15, 0.2) is 22.0 Å². The summed E-state index contributed by atoms with van der Waals surface area (Å²) in [6, 6.07) is 2.97. The second kappa shape index (κ2) is 7.36. The Hall–Kier alpha value is -2.13. The molecule has 0 saturated carbocycles. The Balaban J connectivity index is 1.92. The van der Waals surface area contributed by atoms with Gasteiger partial charge in [-0.3, -0.25) is 4.79 Å². The molecule has 2 aliphatic heterocycles. The van der Waals surface area contributed by atoms with Crippen LogP contribution >= 0.6 is 11.8 Å². The summed E-state index contributed by atoms with van der Waals surface area (Å²) in [5.41, 5.74) is 0.0982. The maximum absolute atomic E-state index is 14.9. The summed E-state index contributed by atoms with van der Waals surface area (Å²) < 4.78 is 35.0. The number of pyridine rings is 1. The summed E-state index contributed by atoms with van der Waals surface area (Å²) in [5, 5.41) is 3.20. The van der Waals surface area contributed by atoms with Gasteiger partial charge >= 0.3 is 5.97 Å². The first-order valence-electron chi connectivity index (χ1n) is 9.26. The molecule has 9 heteroatoms. The number of halogens is 2. The maximum atomic E-state index is 14.9. The van der Waals surface area contributed by atoms with E-state index in [1.807, 2.05) is 11.8 Å². The highest BCUT2D eigenvalue weighted by Gasteiger charge is 2.36. The number of hydrogen-bond donors (Lipinski definition) is 1. The van der Waals surface area contributed by atoms with Gasteiger partial charge in [-0.25, -0.2) is 13.6 Å². The number of anilines is 1. The van der Waals surface area contributed by atoms with Crippen molar-refractivity contribution in [3.8, 4) is 0 Å². The lowest BCUT2D eigenvalue weighted by Gasteiger charge is -2.36. The van der Waals surface area contributed by atoms with E-state index in [2.05, 4.69) is 5.32 Å². The van der Waals surface area contributed by atoms with E-state index in [-0.39, 0.29) is 23.6 Å². The van der Waals surface area contributed by atoms with E-state index in [4.69, 9.17) is 4.74 Å². The first-order chi connectivity index (χ1) is 13.5. The number of carbonyl (C=O) groups is 1. The smallest absolute Gasteiger partial charge is 0.344 e. The molecular weight excluding hydrogens is 388 g/mol. The standard InChI is InChI=1S/C19H21F2N3O3S/c1-3-27-19(26)16-17(25)11-6-12(21)14(23-5-4-22-10(2)9-23)7-13(11)24-15(8-20)28-18(16)24/h6-7,10,15,22H,3-5,8-9H2,1-2H3. The first kappa shape index (κ1) is 19.2. The average molecular weight is 409 g/mol. The van der Waals surface area contributed by atoms with Gasteiger partial charge in [-0.05, 0) is 26.0 Å². The van der Waals surface area contributed by atoms with Gasteiger partial charge in [-0.1, -0.05) is 11.8 Å². The van der Waals surface area contributed by atoms with Gasteiger partial charge in [0.15, 0.2) is 0 Å². The Morgan fingerprint density at radius 1 is 1.43 bits per heavy atom. The maximum Gasteiger partial charge on any atom is 0.344 e. The zero-order valence-electron chi connectivity index (χ0n) is 15.6. The summed E-state index contributed by atoms with van der Waals surface area (Å²) in [4.78, 5) is 27.1. The van der Waals surface area contributed by atoms with Crippen molar-refractivity contribution >= 4 is 34.3 Å². The molecule has 150 valence electrons. The molecule has 2 atom stereocenters. The molecule has 3 heterocycles. The van der Waals surface area contributed by atoms with E-state index < -0.39 is 29.3 Å². The third kappa shape index (κ3) is 2.97. The molecule has 1 fully saturated rings. The zero-order valence-corrected chi connectivity index (χ0v) is 16.4. The van der Waals surface area contributed by atoms with E-state index in [1.54, 1.807) is 17.6 Å². The van der Waals surface area contributed by atoms with Crippen LogP contribution in [0.2, 0.25) is 0 Å². The average Bonchev–Trinajstić information content (AvgIpc) is 2.64.